The summed E-state index contributed by atoms with van der Waals surface area (Å²) in [5, 5.41) is 21.7. The van der Waals surface area contributed by atoms with Gasteiger partial charge in [0.2, 0.25) is 5.13 Å². The van der Waals surface area contributed by atoms with E-state index in [-0.39, 0.29) is 5.91 Å². The Labute approximate surface area is 139 Å². The van der Waals surface area contributed by atoms with Crippen molar-refractivity contribution in [1.82, 2.24) is 10.2 Å². The molecule has 2 N–H and O–H groups in total. The van der Waals surface area contributed by atoms with Gasteiger partial charge < -0.3 is 5.11 Å². The molecule has 0 spiro atoms. The fraction of sp³-hybridized carbons (Fsp3) is 0.625. The van der Waals surface area contributed by atoms with E-state index in [0.29, 0.717) is 23.0 Å². The number of anilines is 1. The Kier molecular flexibility index (Phi) is 5.05. The van der Waals surface area contributed by atoms with Crippen molar-refractivity contribution in [1.29, 1.82) is 0 Å². The summed E-state index contributed by atoms with van der Waals surface area (Å²) in [7, 11) is 0. The number of nitrogens with zero attached hydrogens (tertiary/aromatic N) is 2. The summed E-state index contributed by atoms with van der Waals surface area (Å²) in [5.74, 6) is -1.56. The smallest absolute Gasteiger partial charge is 0.311 e. The summed E-state index contributed by atoms with van der Waals surface area (Å²) < 4.78 is 0. The van der Waals surface area contributed by atoms with Crippen molar-refractivity contribution in [2.24, 2.45) is 5.92 Å². The molecule has 6 nitrogen and oxygen atoms in total. The van der Waals surface area contributed by atoms with Crippen molar-refractivity contribution in [3.8, 4) is 0 Å². The van der Waals surface area contributed by atoms with Crippen LogP contribution in [0.15, 0.2) is 11.6 Å². The number of allylic oxidation sites excluding steroid dienone is 1. The first-order chi connectivity index (χ1) is 11.1. The van der Waals surface area contributed by atoms with Gasteiger partial charge in [0.05, 0.1) is 5.92 Å². The first kappa shape index (κ1) is 16.1. The zero-order chi connectivity index (χ0) is 16.2. The van der Waals surface area contributed by atoms with Gasteiger partial charge in [0.25, 0.3) is 5.91 Å². The Morgan fingerprint density at radius 3 is 2.65 bits per heavy atom. The molecule has 1 amide bonds. The lowest BCUT2D eigenvalue weighted by molar-refractivity contribution is -0.141. The molecule has 3 rings (SSSR count). The highest BCUT2D eigenvalue weighted by Gasteiger charge is 2.30. The predicted molar refractivity (Wildman–Crippen MR) is 87.4 cm³/mol. The minimum absolute atomic E-state index is 0.346. The molecule has 1 fully saturated rings. The highest BCUT2D eigenvalue weighted by Crippen LogP contribution is 2.35. The number of nitrogens with one attached hydrogen (secondary N) is 1. The molecule has 2 aliphatic rings. The number of rotatable bonds is 4. The molecule has 1 unspecified atom stereocenters. The van der Waals surface area contributed by atoms with E-state index in [1.165, 1.54) is 30.6 Å². The number of aromatic nitrogens is 2. The van der Waals surface area contributed by atoms with Crippen molar-refractivity contribution in [3.05, 3.63) is 16.7 Å². The quantitative estimate of drug-likeness (QED) is 0.880. The fourth-order valence-electron chi connectivity index (χ4n) is 3.35. The van der Waals surface area contributed by atoms with Crippen LogP contribution >= 0.6 is 11.3 Å². The van der Waals surface area contributed by atoms with E-state index in [9.17, 15) is 14.7 Å². The van der Waals surface area contributed by atoms with Crippen LogP contribution in [0.2, 0.25) is 0 Å². The van der Waals surface area contributed by atoms with Crippen LogP contribution in [0.5, 0.6) is 0 Å². The van der Waals surface area contributed by atoms with Gasteiger partial charge in [-0.2, -0.15) is 0 Å². The molecule has 2 aliphatic carbocycles. The molecule has 23 heavy (non-hydrogen) atoms. The van der Waals surface area contributed by atoms with Crippen molar-refractivity contribution >= 4 is 28.3 Å². The van der Waals surface area contributed by atoms with Crippen molar-refractivity contribution < 1.29 is 14.7 Å². The van der Waals surface area contributed by atoms with E-state index in [1.807, 2.05) is 0 Å². The van der Waals surface area contributed by atoms with Crippen molar-refractivity contribution in [2.45, 2.75) is 57.3 Å². The number of hydrogen-bond donors (Lipinski definition) is 2. The molecule has 7 heteroatoms. The molecule has 1 saturated carbocycles. The number of carbonyl (C=O) groups excluding carboxylic acids is 1. The highest BCUT2D eigenvalue weighted by atomic mass is 32.1. The van der Waals surface area contributed by atoms with E-state index in [1.54, 1.807) is 6.08 Å². The topological polar surface area (TPSA) is 92.2 Å². The highest BCUT2D eigenvalue weighted by molar-refractivity contribution is 7.15. The second-order valence-corrected chi connectivity index (χ2v) is 7.22. The second-order valence-electron chi connectivity index (χ2n) is 6.22. The van der Waals surface area contributed by atoms with Gasteiger partial charge in [-0.1, -0.05) is 36.7 Å². The van der Waals surface area contributed by atoms with Gasteiger partial charge in [0, 0.05) is 11.5 Å². The summed E-state index contributed by atoms with van der Waals surface area (Å²) in [6.07, 6.45) is 9.79. The Balaban J connectivity index is 1.67. The average molecular weight is 335 g/mol. The molecule has 0 bridgehead atoms. The minimum Gasteiger partial charge on any atom is -0.481 e. The average Bonchev–Trinajstić information content (AvgIpc) is 3.04. The lowest BCUT2D eigenvalue weighted by Gasteiger charge is -2.19. The van der Waals surface area contributed by atoms with E-state index < -0.39 is 11.9 Å². The van der Waals surface area contributed by atoms with Gasteiger partial charge in [-0.15, -0.1) is 10.2 Å². The Morgan fingerprint density at radius 2 is 1.91 bits per heavy atom. The number of amides is 1. The van der Waals surface area contributed by atoms with E-state index in [2.05, 4.69) is 15.5 Å². The Morgan fingerprint density at radius 1 is 1.13 bits per heavy atom. The first-order valence-electron chi connectivity index (χ1n) is 8.23. The van der Waals surface area contributed by atoms with Crippen LogP contribution in [-0.4, -0.2) is 27.2 Å². The lowest BCUT2D eigenvalue weighted by atomic mass is 9.87. The molecule has 0 aromatic carbocycles. The molecule has 1 heterocycles. The van der Waals surface area contributed by atoms with Gasteiger partial charge in [0.1, 0.15) is 5.01 Å². The third-order valence-corrected chi connectivity index (χ3v) is 5.61. The van der Waals surface area contributed by atoms with Gasteiger partial charge >= 0.3 is 5.97 Å². The molecular formula is C16H21N3O3S. The van der Waals surface area contributed by atoms with Gasteiger partial charge in [-0.05, 0) is 32.1 Å². The van der Waals surface area contributed by atoms with Crippen LogP contribution in [0, 0.1) is 5.92 Å². The summed E-state index contributed by atoms with van der Waals surface area (Å²) in [4.78, 5) is 23.7. The van der Waals surface area contributed by atoms with Crippen LogP contribution in [-0.2, 0) is 9.59 Å². The van der Waals surface area contributed by atoms with Gasteiger partial charge in [-0.25, -0.2) is 0 Å². The zero-order valence-corrected chi connectivity index (χ0v) is 13.8. The van der Waals surface area contributed by atoms with Crippen molar-refractivity contribution in [3.63, 3.8) is 0 Å². The van der Waals surface area contributed by atoms with Crippen LogP contribution < -0.4 is 5.32 Å². The second kappa shape index (κ2) is 7.21. The monoisotopic (exact) mass is 335 g/mol. The third kappa shape index (κ3) is 3.77. The maximum absolute atomic E-state index is 12.4. The molecule has 0 aliphatic heterocycles. The molecular weight excluding hydrogens is 314 g/mol. The predicted octanol–water partition coefficient (Wildman–Crippen LogP) is 3.34. The summed E-state index contributed by atoms with van der Waals surface area (Å²) in [6.45, 7) is 0. The lowest BCUT2D eigenvalue weighted by Crippen LogP contribution is -2.27. The van der Waals surface area contributed by atoms with Gasteiger partial charge in [-0.3, -0.25) is 14.9 Å². The third-order valence-electron chi connectivity index (χ3n) is 4.61. The van der Waals surface area contributed by atoms with Crippen LogP contribution in [0.4, 0.5) is 5.13 Å². The largest absolute Gasteiger partial charge is 0.481 e. The standard InChI is InChI=1S/C16H21N3O3S/c20-13(11-8-4-5-9-12(11)15(21)22)17-16-19-18-14(23-16)10-6-2-1-3-7-10/h8,10,12H,1-7,9H2,(H,21,22)(H,17,19,20). The van der Waals surface area contributed by atoms with Crippen molar-refractivity contribution in [2.75, 3.05) is 5.32 Å². The number of hydrogen-bond acceptors (Lipinski definition) is 5. The minimum atomic E-state index is -0.939. The summed E-state index contributed by atoms with van der Waals surface area (Å²) in [5.41, 5.74) is 0.346. The number of carbonyl (C=O) groups is 2. The molecule has 1 aromatic heterocycles. The summed E-state index contributed by atoms with van der Waals surface area (Å²) in [6, 6.07) is 0. The number of aliphatic carboxylic acids is 1. The normalized spacial score (nSPS) is 22.4. The van der Waals surface area contributed by atoms with Gasteiger partial charge in [0.15, 0.2) is 0 Å². The van der Waals surface area contributed by atoms with Crippen LogP contribution in [0.1, 0.15) is 62.3 Å². The number of carboxylic acid groups (broad SMARTS) is 1. The Hall–Kier alpha value is -1.76. The van der Waals surface area contributed by atoms with Crippen LogP contribution in [0.25, 0.3) is 0 Å². The molecule has 1 aromatic rings. The summed E-state index contributed by atoms with van der Waals surface area (Å²) >= 11 is 1.41. The van der Waals surface area contributed by atoms with E-state index in [4.69, 9.17) is 0 Å². The molecule has 0 radical (unpaired) electrons. The zero-order valence-electron chi connectivity index (χ0n) is 13.0. The maximum atomic E-state index is 12.4. The SMILES string of the molecule is O=C(Nc1nnc(C2CCCCC2)s1)C1=CCCCC1C(=O)O. The van der Waals surface area contributed by atoms with Crippen LogP contribution in [0.3, 0.4) is 0 Å². The Bertz CT molecular complexity index is 620. The van der Waals surface area contributed by atoms with E-state index >= 15 is 0 Å². The van der Waals surface area contributed by atoms with E-state index in [0.717, 1.165) is 30.7 Å². The number of carboxylic acids is 1. The first-order valence-corrected chi connectivity index (χ1v) is 9.04. The molecule has 1 atom stereocenters. The molecule has 0 saturated heterocycles. The fourth-order valence-corrected chi connectivity index (χ4v) is 4.26. The maximum Gasteiger partial charge on any atom is 0.311 e. The molecule has 124 valence electrons.